The summed E-state index contributed by atoms with van der Waals surface area (Å²) in [6, 6.07) is 14.0. The Hall–Kier alpha value is -2.37. The maximum Gasteiger partial charge on any atom is 0.261 e. The highest BCUT2D eigenvalue weighted by Crippen LogP contribution is 2.14. The number of ether oxygens (including phenoxy) is 1. The molecule has 1 aromatic carbocycles. The van der Waals surface area contributed by atoms with Crippen molar-refractivity contribution in [2.45, 2.75) is 25.6 Å². The molecule has 4 rings (SSSR count). The van der Waals surface area contributed by atoms with Gasteiger partial charge in [-0.1, -0.05) is 30.3 Å². The van der Waals surface area contributed by atoms with E-state index in [0.29, 0.717) is 17.5 Å². The molecule has 25 heavy (non-hydrogen) atoms. The topological polar surface area (TPSA) is 47.6 Å². The Bertz CT molecular complexity index is 885. The Kier molecular flexibility index (Phi) is 4.68. The van der Waals surface area contributed by atoms with Gasteiger partial charge in [0.05, 0.1) is 24.3 Å². The van der Waals surface area contributed by atoms with Gasteiger partial charge in [-0.2, -0.15) is 0 Å². The Labute approximate surface area is 146 Å². The third-order valence-corrected chi connectivity index (χ3v) is 4.68. The van der Waals surface area contributed by atoms with Gasteiger partial charge in [0.1, 0.15) is 5.58 Å². The van der Waals surface area contributed by atoms with E-state index in [1.165, 1.54) is 5.56 Å². The molecule has 0 unspecified atom stereocenters. The van der Waals surface area contributed by atoms with Crippen LogP contribution in [0.5, 0.6) is 0 Å². The van der Waals surface area contributed by atoms with Crippen molar-refractivity contribution < 1.29 is 9.15 Å². The predicted molar refractivity (Wildman–Crippen MR) is 96.6 cm³/mol. The van der Waals surface area contributed by atoms with Crippen LogP contribution in [0.4, 0.5) is 0 Å². The number of pyridine rings is 1. The second-order valence-corrected chi connectivity index (χ2v) is 6.54. The molecular weight excluding hydrogens is 316 g/mol. The van der Waals surface area contributed by atoms with Gasteiger partial charge in [0, 0.05) is 32.4 Å². The molecule has 5 heteroatoms. The lowest BCUT2D eigenvalue weighted by atomic mass is 10.2. The summed E-state index contributed by atoms with van der Waals surface area (Å²) in [6.07, 6.45) is 4.37. The largest absolute Gasteiger partial charge is 0.464 e. The summed E-state index contributed by atoms with van der Waals surface area (Å²) in [4.78, 5) is 15.0. The summed E-state index contributed by atoms with van der Waals surface area (Å²) in [5.41, 5.74) is 1.92. The number of benzene rings is 1. The number of rotatable bonds is 4. The second-order valence-electron chi connectivity index (χ2n) is 6.54. The molecule has 1 fully saturated rings. The van der Waals surface area contributed by atoms with Crippen molar-refractivity contribution >= 4 is 11.0 Å². The lowest BCUT2D eigenvalue weighted by Crippen LogP contribution is -2.36. The molecule has 0 aliphatic carbocycles. The van der Waals surface area contributed by atoms with Gasteiger partial charge in [0.25, 0.3) is 5.56 Å². The molecule has 3 aromatic rings. The van der Waals surface area contributed by atoms with E-state index in [9.17, 15) is 4.79 Å². The molecular formula is C20H22N2O3. The Morgan fingerprint density at radius 2 is 2.00 bits per heavy atom. The molecule has 0 bridgehead atoms. The maximum absolute atomic E-state index is 12.6. The fraction of sp³-hybridized carbons (Fsp3) is 0.350. The summed E-state index contributed by atoms with van der Waals surface area (Å²) in [5, 5.41) is 0.622. The van der Waals surface area contributed by atoms with Crippen LogP contribution in [0.25, 0.3) is 11.0 Å². The van der Waals surface area contributed by atoms with Crippen molar-refractivity contribution in [2.24, 2.45) is 0 Å². The van der Waals surface area contributed by atoms with E-state index < -0.39 is 0 Å². The SMILES string of the molecule is O=c1c2ccoc2ccn1C[C@H]1CN(Cc2ccccc2)CCCO1. The zero-order chi connectivity index (χ0) is 17.1. The van der Waals surface area contributed by atoms with Crippen molar-refractivity contribution in [1.29, 1.82) is 0 Å². The molecule has 0 amide bonds. The number of furan rings is 1. The summed E-state index contributed by atoms with van der Waals surface area (Å²) >= 11 is 0. The van der Waals surface area contributed by atoms with E-state index in [-0.39, 0.29) is 11.7 Å². The third kappa shape index (κ3) is 3.67. The third-order valence-electron chi connectivity index (χ3n) is 4.68. The molecule has 1 atom stereocenters. The monoisotopic (exact) mass is 338 g/mol. The van der Waals surface area contributed by atoms with Gasteiger partial charge in [-0.3, -0.25) is 9.69 Å². The molecule has 0 spiro atoms. The zero-order valence-electron chi connectivity index (χ0n) is 14.1. The maximum atomic E-state index is 12.6. The highest BCUT2D eigenvalue weighted by Gasteiger charge is 2.20. The van der Waals surface area contributed by atoms with E-state index in [1.807, 2.05) is 12.1 Å². The van der Waals surface area contributed by atoms with Crippen LogP contribution in [0, 0.1) is 0 Å². The number of hydrogen-bond acceptors (Lipinski definition) is 4. The minimum atomic E-state index is -0.0197. The van der Waals surface area contributed by atoms with Crippen LogP contribution in [0.2, 0.25) is 0 Å². The summed E-state index contributed by atoms with van der Waals surface area (Å²) < 4.78 is 13.0. The van der Waals surface area contributed by atoms with Crippen LogP contribution in [0.3, 0.4) is 0 Å². The molecule has 1 aliphatic heterocycles. The number of nitrogens with zero attached hydrogens (tertiary/aromatic N) is 2. The normalized spacial score (nSPS) is 19.1. The van der Waals surface area contributed by atoms with E-state index in [0.717, 1.165) is 32.7 Å². The van der Waals surface area contributed by atoms with Crippen molar-refractivity contribution in [3.63, 3.8) is 0 Å². The van der Waals surface area contributed by atoms with Gasteiger partial charge in [0.2, 0.25) is 0 Å². The fourth-order valence-corrected chi connectivity index (χ4v) is 3.44. The lowest BCUT2D eigenvalue weighted by molar-refractivity contribution is 0.0409. The summed E-state index contributed by atoms with van der Waals surface area (Å²) in [5.74, 6) is 0. The van der Waals surface area contributed by atoms with Gasteiger partial charge < -0.3 is 13.7 Å². The van der Waals surface area contributed by atoms with Crippen molar-refractivity contribution in [3.8, 4) is 0 Å². The average Bonchev–Trinajstić information content (AvgIpc) is 3.01. The van der Waals surface area contributed by atoms with Crippen LogP contribution in [0.15, 0.2) is 64.1 Å². The molecule has 2 aromatic heterocycles. The van der Waals surface area contributed by atoms with Crippen molar-refractivity contribution in [2.75, 3.05) is 19.7 Å². The van der Waals surface area contributed by atoms with Gasteiger partial charge in [-0.25, -0.2) is 0 Å². The Morgan fingerprint density at radius 3 is 2.88 bits per heavy atom. The fourth-order valence-electron chi connectivity index (χ4n) is 3.44. The summed E-state index contributed by atoms with van der Waals surface area (Å²) in [6.45, 7) is 4.05. The van der Waals surface area contributed by atoms with Crippen molar-refractivity contribution in [1.82, 2.24) is 9.47 Å². The van der Waals surface area contributed by atoms with Crippen LogP contribution in [-0.4, -0.2) is 35.3 Å². The number of fused-ring (bicyclic) bond motifs is 1. The summed E-state index contributed by atoms with van der Waals surface area (Å²) in [7, 11) is 0. The van der Waals surface area contributed by atoms with Gasteiger partial charge in [0.15, 0.2) is 0 Å². The first-order valence-electron chi connectivity index (χ1n) is 8.74. The first kappa shape index (κ1) is 16.1. The van der Waals surface area contributed by atoms with E-state index >= 15 is 0 Å². The molecule has 1 aliphatic rings. The minimum absolute atomic E-state index is 0.00765. The molecule has 0 saturated carbocycles. The van der Waals surface area contributed by atoms with Crippen molar-refractivity contribution in [3.05, 3.63) is 70.8 Å². The Balaban J connectivity index is 1.48. The van der Waals surface area contributed by atoms with Gasteiger partial charge in [-0.05, 0) is 24.1 Å². The van der Waals surface area contributed by atoms with E-state index in [1.54, 1.807) is 23.1 Å². The highest BCUT2D eigenvalue weighted by atomic mass is 16.5. The average molecular weight is 338 g/mol. The van der Waals surface area contributed by atoms with E-state index in [4.69, 9.17) is 9.15 Å². The van der Waals surface area contributed by atoms with E-state index in [2.05, 4.69) is 29.2 Å². The molecule has 3 heterocycles. The van der Waals surface area contributed by atoms with Gasteiger partial charge in [-0.15, -0.1) is 0 Å². The molecule has 0 radical (unpaired) electrons. The first-order chi connectivity index (χ1) is 12.3. The highest BCUT2D eigenvalue weighted by molar-refractivity contribution is 5.75. The lowest BCUT2D eigenvalue weighted by Gasteiger charge is -2.24. The van der Waals surface area contributed by atoms with Gasteiger partial charge >= 0.3 is 0 Å². The number of hydrogen-bond donors (Lipinski definition) is 0. The first-order valence-corrected chi connectivity index (χ1v) is 8.74. The predicted octanol–water partition coefficient (Wildman–Crippen LogP) is 2.89. The zero-order valence-corrected chi connectivity index (χ0v) is 14.1. The standard InChI is InChI=1S/C20H22N2O3/c23-20-18-8-12-25-19(18)7-10-22(20)15-17-14-21(9-4-11-24-17)13-16-5-2-1-3-6-16/h1-3,5-8,10,12,17H,4,9,11,13-15H2/t17-/m1/s1. The molecule has 1 saturated heterocycles. The number of aromatic nitrogens is 1. The minimum Gasteiger partial charge on any atom is -0.464 e. The molecule has 0 N–H and O–H groups in total. The van der Waals surface area contributed by atoms with Crippen LogP contribution < -0.4 is 5.56 Å². The van der Waals surface area contributed by atoms with Crippen LogP contribution in [-0.2, 0) is 17.8 Å². The van der Waals surface area contributed by atoms with Crippen LogP contribution >= 0.6 is 0 Å². The molecule has 130 valence electrons. The smallest absolute Gasteiger partial charge is 0.261 e. The Morgan fingerprint density at radius 1 is 1.12 bits per heavy atom. The van der Waals surface area contributed by atoms with Crippen LogP contribution in [0.1, 0.15) is 12.0 Å². The quantitative estimate of drug-likeness (QED) is 0.734. The molecule has 5 nitrogen and oxygen atoms in total. The second kappa shape index (κ2) is 7.25.